The van der Waals surface area contributed by atoms with Crippen molar-refractivity contribution in [3.05, 3.63) is 60.2 Å². The van der Waals surface area contributed by atoms with E-state index in [2.05, 4.69) is 24.3 Å². The lowest BCUT2D eigenvalue weighted by atomic mass is 10.1. The van der Waals surface area contributed by atoms with Gasteiger partial charge in [0, 0.05) is 16.7 Å². The lowest BCUT2D eigenvalue weighted by molar-refractivity contribution is 0.414. The third-order valence-electron chi connectivity index (χ3n) is 2.72. The van der Waals surface area contributed by atoms with E-state index in [9.17, 15) is 0 Å². The highest BCUT2D eigenvalue weighted by Crippen LogP contribution is 2.25. The minimum absolute atomic E-state index is 0.0679. The maximum Gasteiger partial charge on any atom is 0.118 e. The Morgan fingerprint density at radius 1 is 1.06 bits per heavy atom. The molecule has 18 heavy (non-hydrogen) atoms. The van der Waals surface area contributed by atoms with Gasteiger partial charge >= 0.3 is 0 Å². The van der Waals surface area contributed by atoms with Crippen molar-refractivity contribution in [2.45, 2.75) is 10.9 Å². The van der Waals surface area contributed by atoms with Crippen molar-refractivity contribution >= 4 is 11.8 Å². The molecule has 0 saturated carbocycles. The highest BCUT2D eigenvalue weighted by Gasteiger charge is 2.05. The van der Waals surface area contributed by atoms with Gasteiger partial charge in [0.25, 0.3) is 0 Å². The fourth-order valence-electron chi connectivity index (χ4n) is 1.65. The van der Waals surface area contributed by atoms with Crippen LogP contribution >= 0.6 is 11.8 Å². The van der Waals surface area contributed by atoms with Crippen LogP contribution in [0.1, 0.15) is 11.6 Å². The average molecular weight is 259 g/mol. The first kappa shape index (κ1) is 13.0. The first-order valence-corrected chi connectivity index (χ1v) is 6.85. The van der Waals surface area contributed by atoms with Gasteiger partial charge in [0.1, 0.15) is 5.75 Å². The molecule has 0 unspecified atom stereocenters. The minimum Gasteiger partial charge on any atom is -0.497 e. The van der Waals surface area contributed by atoms with Crippen molar-refractivity contribution in [3.63, 3.8) is 0 Å². The van der Waals surface area contributed by atoms with Crippen molar-refractivity contribution < 1.29 is 4.74 Å². The number of hydrogen-bond donors (Lipinski definition) is 1. The van der Waals surface area contributed by atoms with Crippen LogP contribution in [-0.2, 0) is 0 Å². The van der Waals surface area contributed by atoms with E-state index < -0.39 is 0 Å². The Bertz CT molecular complexity index is 470. The van der Waals surface area contributed by atoms with Gasteiger partial charge in [-0.15, -0.1) is 11.8 Å². The van der Waals surface area contributed by atoms with Crippen LogP contribution in [0.5, 0.6) is 5.75 Å². The van der Waals surface area contributed by atoms with Crippen molar-refractivity contribution in [1.82, 2.24) is 0 Å². The largest absolute Gasteiger partial charge is 0.497 e. The molecular weight excluding hydrogens is 242 g/mol. The van der Waals surface area contributed by atoms with E-state index in [-0.39, 0.29) is 6.04 Å². The Kier molecular flexibility index (Phi) is 4.67. The summed E-state index contributed by atoms with van der Waals surface area (Å²) in [5.41, 5.74) is 7.33. The molecule has 0 aliphatic rings. The van der Waals surface area contributed by atoms with Crippen LogP contribution in [0.25, 0.3) is 0 Å². The highest BCUT2D eigenvalue weighted by atomic mass is 32.2. The number of hydrogen-bond acceptors (Lipinski definition) is 3. The van der Waals surface area contributed by atoms with Gasteiger partial charge in [-0.1, -0.05) is 30.3 Å². The summed E-state index contributed by atoms with van der Waals surface area (Å²) in [6.07, 6.45) is 0. The first-order valence-electron chi connectivity index (χ1n) is 5.87. The second-order valence-corrected chi connectivity index (χ2v) is 5.10. The molecule has 2 aromatic carbocycles. The molecule has 0 heterocycles. The molecule has 0 saturated heterocycles. The van der Waals surface area contributed by atoms with Crippen molar-refractivity contribution in [2.75, 3.05) is 12.9 Å². The summed E-state index contributed by atoms with van der Waals surface area (Å²) in [7, 11) is 1.67. The smallest absolute Gasteiger partial charge is 0.118 e. The summed E-state index contributed by atoms with van der Waals surface area (Å²) in [6.45, 7) is 0. The van der Waals surface area contributed by atoms with Crippen molar-refractivity contribution in [3.8, 4) is 5.75 Å². The van der Waals surface area contributed by atoms with Crippen LogP contribution < -0.4 is 10.5 Å². The predicted molar refractivity (Wildman–Crippen MR) is 77.1 cm³/mol. The summed E-state index contributed by atoms with van der Waals surface area (Å²) < 4.78 is 5.13. The molecule has 0 radical (unpaired) electrons. The summed E-state index contributed by atoms with van der Waals surface area (Å²) in [5, 5.41) is 0. The molecule has 2 N–H and O–H groups in total. The topological polar surface area (TPSA) is 35.2 Å². The monoisotopic (exact) mass is 259 g/mol. The lowest BCUT2D eigenvalue weighted by Gasteiger charge is -2.11. The van der Waals surface area contributed by atoms with E-state index in [1.807, 2.05) is 30.3 Å². The van der Waals surface area contributed by atoms with Gasteiger partial charge < -0.3 is 10.5 Å². The molecule has 0 spiro atoms. The van der Waals surface area contributed by atoms with E-state index in [4.69, 9.17) is 10.5 Å². The van der Waals surface area contributed by atoms with Crippen LogP contribution in [0.4, 0.5) is 0 Å². The van der Waals surface area contributed by atoms with Crippen LogP contribution in [0.3, 0.4) is 0 Å². The number of nitrogens with two attached hydrogens (primary N) is 1. The van der Waals surface area contributed by atoms with Gasteiger partial charge in [-0.3, -0.25) is 0 Å². The molecule has 1 atom stereocenters. The number of methoxy groups -OCH3 is 1. The zero-order chi connectivity index (χ0) is 12.8. The molecular formula is C15H17NOS. The van der Waals surface area contributed by atoms with E-state index in [1.54, 1.807) is 18.9 Å². The van der Waals surface area contributed by atoms with Crippen LogP contribution in [0.2, 0.25) is 0 Å². The van der Waals surface area contributed by atoms with Gasteiger partial charge in [-0.2, -0.15) is 0 Å². The Balaban J connectivity index is 1.91. The molecule has 3 heteroatoms. The zero-order valence-corrected chi connectivity index (χ0v) is 11.2. The molecule has 0 bridgehead atoms. The normalized spacial score (nSPS) is 12.1. The van der Waals surface area contributed by atoms with Crippen molar-refractivity contribution in [1.29, 1.82) is 0 Å². The molecule has 0 aliphatic heterocycles. The highest BCUT2D eigenvalue weighted by molar-refractivity contribution is 7.99. The maximum absolute atomic E-state index is 6.15. The Hall–Kier alpha value is -1.45. The van der Waals surface area contributed by atoms with Gasteiger partial charge in [0.15, 0.2) is 0 Å². The standard InChI is InChI=1S/C15H17NOS/c1-17-13-7-9-14(10-8-13)18-11-15(16)12-5-3-2-4-6-12/h2-10,15H,11,16H2,1H3/t15-/m1/s1. The number of benzene rings is 2. The summed E-state index contributed by atoms with van der Waals surface area (Å²) >= 11 is 1.76. The SMILES string of the molecule is COc1ccc(SC[C@@H](N)c2ccccc2)cc1. The number of ether oxygens (including phenoxy) is 1. The molecule has 0 fully saturated rings. The zero-order valence-electron chi connectivity index (χ0n) is 10.4. The molecule has 2 rings (SSSR count). The van der Waals surface area contributed by atoms with Crippen LogP contribution in [0, 0.1) is 0 Å². The molecule has 94 valence electrons. The third-order valence-corrected chi connectivity index (χ3v) is 3.85. The van der Waals surface area contributed by atoms with Crippen molar-refractivity contribution in [2.24, 2.45) is 5.73 Å². The molecule has 0 aromatic heterocycles. The fourth-order valence-corrected chi connectivity index (χ4v) is 2.55. The van der Waals surface area contributed by atoms with E-state index in [1.165, 1.54) is 10.5 Å². The average Bonchev–Trinajstić information content (AvgIpc) is 2.46. The lowest BCUT2D eigenvalue weighted by Crippen LogP contribution is -2.12. The second kappa shape index (κ2) is 6.47. The van der Waals surface area contributed by atoms with Gasteiger partial charge in [-0.25, -0.2) is 0 Å². The maximum atomic E-state index is 6.15. The summed E-state index contributed by atoms with van der Waals surface area (Å²) in [6, 6.07) is 18.3. The van der Waals surface area contributed by atoms with Crippen LogP contribution in [-0.4, -0.2) is 12.9 Å². The van der Waals surface area contributed by atoms with E-state index in [0.717, 1.165) is 11.5 Å². The van der Waals surface area contributed by atoms with E-state index in [0.29, 0.717) is 0 Å². The third kappa shape index (κ3) is 3.52. The number of rotatable bonds is 5. The van der Waals surface area contributed by atoms with Gasteiger partial charge in [-0.05, 0) is 29.8 Å². The van der Waals surface area contributed by atoms with E-state index >= 15 is 0 Å². The molecule has 2 nitrogen and oxygen atoms in total. The molecule has 0 aliphatic carbocycles. The Morgan fingerprint density at radius 2 is 1.72 bits per heavy atom. The predicted octanol–water partition coefficient (Wildman–Crippen LogP) is 3.49. The first-order chi connectivity index (χ1) is 8.79. The quantitative estimate of drug-likeness (QED) is 0.835. The minimum atomic E-state index is 0.0679. The molecule has 2 aromatic rings. The van der Waals surface area contributed by atoms with Gasteiger partial charge in [0.05, 0.1) is 7.11 Å². The summed E-state index contributed by atoms with van der Waals surface area (Å²) in [5.74, 6) is 1.75. The van der Waals surface area contributed by atoms with Gasteiger partial charge in [0.2, 0.25) is 0 Å². The fraction of sp³-hybridized carbons (Fsp3) is 0.200. The Morgan fingerprint density at radius 3 is 2.33 bits per heavy atom. The Labute approximate surface area is 112 Å². The molecule has 0 amide bonds. The van der Waals surface area contributed by atoms with Crippen LogP contribution in [0.15, 0.2) is 59.5 Å². The second-order valence-electron chi connectivity index (χ2n) is 4.00. The number of thioether (sulfide) groups is 1. The summed E-state index contributed by atoms with van der Waals surface area (Å²) in [4.78, 5) is 1.21.